The van der Waals surface area contributed by atoms with E-state index in [-0.39, 0.29) is 28.6 Å². The normalized spacial score (nSPS) is 11.8. The molecule has 2 aromatic carbocycles. The summed E-state index contributed by atoms with van der Waals surface area (Å²) < 4.78 is 17.6. The highest BCUT2D eigenvalue weighted by atomic mass is 16.5. The van der Waals surface area contributed by atoms with E-state index in [2.05, 4.69) is 23.7 Å². The number of methoxy groups -OCH3 is 1. The molecule has 0 saturated carbocycles. The van der Waals surface area contributed by atoms with Gasteiger partial charge < -0.3 is 23.2 Å². The van der Waals surface area contributed by atoms with Gasteiger partial charge in [-0.15, -0.1) is 0 Å². The number of carbonyl (C=O) groups is 1. The molecule has 1 atom stereocenters. The first-order valence-electron chi connectivity index (χ1n) is 11.1. The summed E-state index contributed by atoms with van der Waals surface area (Å²) in [5.41, 5.74) is -0.946. The molecule has 0 aliphatic heterocycles. The molecule has 5 aromatic rings. The predicted octanol–water partition coefficient (Wildman–Crippen LogP) is 3.68. The van der Waals surface area contributed by atoms with Crippen molar-refractivity contribution in [3.05, 3.63) is 80.6 Å². The first-order chi connectivity index (χ1) is 17.2. The molecule has 1 unspecified atom stereocenters. The number of Topliss-reactive ketones (excluding diaryl/α,β-unsaturated/α-hetero) is 1. The molecule has 184 valence electrons. The molecule has 2 bridgehead atoms. The number of benzene rings is 2. The van der Waals surface area contributed by atoms with Crippen LogP contribution in [0.2, 0.25) is 0 Å². The van der Waals surface area contributed by atoms with Crippen LogP contribution in [0.5, 0.6) is 11.5 Å². The number of phenolic OH excluding ortho intramolecular Hbond substituents is 1. The Morgan fingerprint density at radius 1 is 1.14 bits per heavy atom. The molecule has 0 spiro atoms. The monoisotopic (exact) mass is 488 g/mol. The van der Waals surface area contributed by atoms with Gasteiger partial charge in [0.2, 0.25) is 17.3 Å². The Morgan fingerprint density at radius 2 is 1.83 bits per heavy atom. The van der Waals surface area contributed by atoms with E-state index < -0.39 is 22.8 Å². The number of ether oxygens (including phenoxy) is 1. The first-order valence-corrected chi connectivity index (χ1v) is 11.1. The van der Waals surface area contributed by atoms with Gasteiger partial charge in [-0.3, -0.25) is 9.69 Å². The Bertz CT molecular complexity index is 1680. The number of phenols is 1. The zero-order valence-corrected chi connectivity index (χ0v) is 20.2. The van der Waals surface area contributed by atoms with Crippen molar-refractivity contribution in [2.75, 3.05) is 21.2 Å². The van der Waals surface area contributed by atoms with Crippen LogP contribution < -0.4 is 16.0 Å². The molecule has 1 N–H and O–H groups in total. The number of ketones is 1. The smallest absolute Gasteiger partial charge is 0.336 e. The quantitative estimate of drug-likeness (QED) is 0.334. The van der Waals surface area contributed by atoms with Crippen LogP contribution in [0.15, 0.2) is 67.1 Å². The lowest BCUT2D eigenvalue weighted by molar-refractivity contribution is 0.105. The molecule has 3 heterocycles. The van der Waals surface area contributed by atoms with Gasteiger partial charge in [-0.2, -0.15) is 0 Å². The van der Waals surface area contributed by atoms with Gasteiger partial charge >= 0.3 is 11.3 Å². The lowest BCUT2D eigenvalue weighted by Crippen LogP contribution is -2.24. The fourth-order valence-electron chi connectivity index (χ4n) is 4.12. The van der Waals surface area contributed by atoms with E-state index in [9.17, 15) is 19.5 Å². The van der Waals surface area contributed by atoms with Gasteiger partial charge in [0.05, 0.1) is 29.9 Å². The summed E-state index contributed by atoms with van der Waals surface area (Å²) >= 11 is 0. The summed E-state index contributed by atoms with van der Waals surface area (Å²) in [7, 11) is 5.19. The number of fused-ring (bicyclic) bond motifs is 8. The van der Waals surface area contributed by atoms with Gasteiger partial charge in [0.25, 0.3) is 0 Å². The van der Waals surface area contributed by atoms with Crippen LogP contribution in [0.3, 0.4) is 0 Å². The molecular formula is C27H24N2O7. The molecule has 9 nitrogen and oxygen atoms in total. The molecule has 0 fully saturated rings. The fourth-order valence-corrected chi connectivity index (χ4v) is 4.12. The molecule has 36 heavy (non-hydrogen) atoms. The van der Waals surface area contributed by atoms with Crippen molar-refractivity contribution in [3.8, 4) is 23.3 Å². The average molecular weight is 488 g/mol. The molecule has 3 aromatic heterocycles. The van der Waals surface area contributed by atoms with Crippen molar-refractivity contribution in [2.24, 2.45) is 0 Å². The van der Waals surface area contributed by atoms with Gasteiger partial charge in [-0.1, -0.05) is 31.0 Å². The maximum absolute atomic E-state index is 13.3. The zero-order valence-electron chi connectivity index (χ0n) is 20.2. The molecule has 0 saturated heterocycles. The molecule has 9 heteroatoms. The summed E-state index contributed by atoms with van der Waals surface area (Å²) in [5, 5.41) is 11.2. The van der Waals surface area contributed by atoms with Crippen LogP contribution in [-0.2, 0) is 0 Å². The SMILES string of the molecule is CCC(N(C)C)n1cc(C(=O)C#Cc2cc3oc(=O)ccc(=O)oc2c(OC)c3O)c2ccccc21. The fraction of sp³-hybridized carbons (Fsp3) is 0.222. The van der Waals surface area contributed by atoms with Crippen molar-refractivity contribution in [1.82, 2.24) is 9.47 Å². The number of hydrogen-bond donors (Lipinski definition) is 1. The van der Waals surface area contributed by atoms with Crippen LogP contribution in [0.4, 0.5) is 0 Å². The van der Waals surface area contributed by atoms with Gasteiger partial charge in [-0.05, 0) is 32.5 Å². The van der Waals surface area contributed by atoms with E-state index in [1.165, 1.54) is 13.2 Å². The Hall–Kier alpha value is -4.55. The minimum Gasteiger partial charge on any atom is -0.502 e. The largest absolute Gasteiger partial charge is 0.502 e. The van der Waals surface area contributed by atoms with Crippen LogP contribution in [0.1, 0.15) is 35.4 Å². The zero-order chi connectivity index (χ0) is 26.0. The Balaban J connectivity index is 1.92. The summed E-state index contributed by atoms with van der Waals surface area (Å²) in [4.78, 5) is 39.4. The molecule has 0 aliphatic rings. The number of nitrogens with zero attached hydrogens (tertiary/aromatic N) is 2. The molecule has 0 amide bonds. The number of aromatic hydroxyl groups is 1. The van der Waals surface area contributed by atoms with E-state index >= 15 is 0 Å². The summed E-state index contributed by atoms with van der Waals surface area (Å²) in [5.74, 6) is 4.02. The van der Waals surface area contributed by atoms with Gasteiger partial charge in [0.15, 0.2) is 11.2 Å². The standard InChI is InChI=1S/C27H24N2O7/c1-5-22(28(2)3)29-15-18(17-8-6-7-9-19(17)29)20(30)11-10-16-14-21-25(33)27(34-4)26(16)36-24(32)13-12-23(31)35-21/h6-9,12-15,22,33H,5H2,1-4H3. The third-order valence-electron chi connectivity index (χ3n) is 5.73. The van der Waals surface area contributed by atoms with Gasteiger partial charge in [-0.25, -0.2) is 9.59 Å². The Kier molecular flexibility index (Phi) is 6.81. The average Bonchev–Trinajstić information content (AvgIpc) is 3.23. The van der Waals surface area contributed by atoms with E-state index in [1.54, 1.807) is 6.20 Å². The van der Waals surface area contributed by atoms with Gasteiger partial charge in [0.1, 0.15) is 0 Å². The molecule has 0 radical (unpaired) electrons. The second-order valence-electron chi connectivity index (χ2n) is 8.21. The van der Waals surface area contributed by atoms with Crippen LogP contribution in [0, 0.1) is 11.8 Å². The van der Waals surface area contributed by atoms with Crippen molar-refractivity contribution in [1.29, 1.82) is 0 Å². The second-order valence-corrected chi connectivity index (χ2v) is 8.21. The highest BCUT2D eigenvalue weighted by Gasteiger charge is 2.20. The summed E-state index contributed by atoms with van der Waals surface area (Å²) in [6.07, 6.45) is 2.64. The number of carbonyl (C=O) groups excluding carboxylic acids is 1. The third kappa shape index (κ3) is 4.54. The van der Waals surface area contributed by atoms with E-state index in [0.717, 1.165) is 29.5 Å². The van der Waals surface area contributed by atoms with Crippen molar-refractivity contribution < 1.29 is 23.5 Å². The van der Waals surface area contributed by atoms with Gasteiger partial charge in [0, 0.05) is 29.8 Å². The Labute approximate surface area is 205 Å². The van der Waals surface area contributed by atoms with Crippen LogP contribution in [0.25, 0.3) is 22.1 Å². The third-order valence-corrected chi connectivity index (χ3v) is 5.73. The molecule has 5 rings (SSSR count). The van der Waals surface area contributed by atoms with E-state index in [1.807, 2.05) is 42.9 Å². The van der Waals surface area contributed by atoms with Crippen LogP contribution in [-0.4, -0.2) is 41.6 Å². The van der Waals surface area contributed by atoms with Crippen molar-refractivity contribution >= 4 is 27.9 Å². The second kappa shape index (κ2) is 9.98. The summed E-state index contributed by atoms with van der Waals surface area (Å²) in [6.45, 7) is 2.07. The van der Waals surface area contributed by atoms with E-state index in [0.29, 0.717) is 5.56 Å². The molecule has 0 aliphatic carbocycles. The number of para-hydroxylation sites is 1. The van der Waals surface area contributed by atoms with Crippen LogP contribution >= 0.6 is 0 Å². The molecular weight excluding hydrogens is 464 g/mol. The summed E-state index contributed by atoms with van der Waals surface area (Å²) in [6, 6.07) is 10.5. The minimum absolute atomic E-state index is 0.0212. The number of hydrogen-bond acceptors (Lipinski definition) is 8. The maximum Gasteiger partial charge on any atom is 0.336 e. The lowest BCUT2D eigenvalue weighted by Gasteiger charge is -2.25. The number of rotatable bonds is 5. The highest BCUT2D eigenvalue weighted by Crippen LogP contribution is 2.36. The first kappa shape index (κ1) is 24.6. The van der Waals surface area contributed by atoms with Crippen molar-refractivity contribution in [2.45, 2.75) is 19.5 Å². The highest BCUT2D eigenvalue weighted by molar-refractivity contribution is 6.17. The number of aromatic nitrogens is 1. The Morgan fingerprint density at radius 3 is 2.50 bits per heavy atom. The minimum atomic E-state index is -0.911. The predicted molar refractivity (Wildman–Crippen MR) is 134 cm³/mol. The lowest BCUT2D eigenvalue weighted by atomic mass is 10.1. The van der Waals surface area contributed by atoms with E-state index in [4.69, 9.17) is 13.6 Å². The topological polar surface area (TPSA) is 115 Å². The van der Waals surface area contributed by atoms with Crippen molar-refractivity contribution in [3.63, 3.8) is 0 Å². The maximum atomic E-state index is 13.3.